The number of likely N-dealkylation sites (tertiary alicyclic amines) is 2. The Balaban J connectivity index is 1.45. The first-order chi connectivity index (χ1) is 9.85. The number of piperidine rings is 2. The Labute approximate surface area is 121 Å². The van der Waals surface area contributed by atoms with Crippen LogP contribution in [-0.4, -0.2) is 47.1 Å². The molecule has 0 aromatic carbocycles. The van der Waals surface area contributed by atoms with Crippen molar-refractivity contribution in [2.24, 2.45) is 0 Å². The largest absolute Gasteiger partial charge is 0.462 e. The molecule has 4 nitrogen and oxygen atoms in total. The van der Waals surface area contributed by atoms with Crippen LogP contribution >= 0.6 is 0 Å². The molecule has 20 heavy (non-hydrogen) atoms. The quantitative estimate of drug-likeness (QED) is 0.917. The minimum atomic E-state index is -0.00294. The SMILES string of the molecule is OCc1ccc(CN2CCC(N3CCCCC3)CC2)o1. The highest BCUT2D eigenvalue weighted by Crippen LogP contribution is 2.22. The van der Waals surface area contributed by atoms with E-state index in [1.54, 1.807) is 0 Å². The van der Waals surface area contributed by atoms with Gasteiger partial charge < -0.3 is 14.4 Å². The van der Waals surface area contributed by atoms with Crippen molar-refractivity contribution in [3.05, 3.63) is 23.7 Å². The van der Waals surface area contributed by atoms with E-state index < -0.39 is 0 Å². The molecule has 3 rings (SSSR count). The third kappa shape index (κ3) is 3.43. The topological polar surface area (TPSA) is 39.9 Å². The second-order valence-electron chi connectivity index (χ2n) is 6.13. The summed E-state index contributed by atoms with van der Waals surface area (Å²) in [6.45, 7) is 5.82. The van der Waals surface area contributed by atoms with Gasteiger partial charge >= 0.3 is 0 Å². The molecule has 0 unspecified atom stereocenters. The van der Waals surface area contributed by atoms with E-state index >= 15 is 0 Å². The fourth-order valence-corrected chi connectivity index (χ4v) is 3.54. The molecule has 1 N–H and O–H groups in total. The van der Waals surface area contributed by atoms with Crippen LogP contribution in [0.1, 0.15) is 43.6 Å². The van der Waals surface area contributed by atoms with Crippen LogP contribution in [0, 0.1) is 0 Å². The Hall–Kier alpha value is -0.840. The van der Waals surface area contributed by atoms with Gasteiger partial charge in [-0.15, -0.1) is 0 Å². The van der Waals surface area contributed by atoms with Crippen molar-refractivity contribution in [3.8, 4) is 0 Å². The number of furan rings is 1. The van der Waals surface area contributed by atoms with Crippen LogP contribution < -0.4 is 0 Å². The average molecular weight is 278 g/mol. The fourth-order valence-electron chi connectivity index (χ4n) is 3.54. The minimum absolute atomic E-state index is 0.00294. The van der Waals surface area contributed by atoms with E-state index in [0.29, 0.717) is 5.76 Å². The maximum absolute atomic E-state index is 9.02. The van der Waals surface area contributed by atoms with E-state index in [4.69, 9.17) is 9.52 Å². The summed E-state index contributed by atoms with van der Waals surface area (Å²) >= 11 is 0. The van der Waals surface area contributed by atoms with Gasteiger partial charge in [0, 0.05) is 19.1 Å². The first kappa shape index (κ1) is 14.1. The smallest absolute Gasteiger partial charge is 0.129 e. The van der Waals surface area contributed by atoms with Crippen LogP contribution in [0.25, 0.3) is 0 Å². The van der Waals surface area contributed by atoms with E-state index in [0.717, 1.165) is 31.4 Å². The van der Waals surface area contributed by atoms with Crippen molar-refractivity contribution in [2.45, 2.75) is 51.3 Å². The van der Waals surface area contributed by atoms with E-state index in [-0.39, 0.29) is 6.61 Å². The molecule has 2 aliphatic rings. The van der Waals surface area contributed by atoms with Crippen molar-refractivity contribution >= 4 is 0 Å². The van der Waals surface area contributed by atoms with Gasteiger partial charge in [0.2, 0.25) is 0 Å². The molecule has 0 atom stereocenters. The number of aliphatic hydroxyl groups excluding tert-OH is 1. The molecule has 3 heterocycles. The van der Waals surface area contributed by atoms with Gasteiger partial charge in [0.1, 0.15) is 18.1 Å². The number of hydrogen-bond acceptors (Lipinski definition) is 4. The van der Waals surface area contributed by atoms with Crippen molar-refractivity contribution in [1.29, 1.82) is 0 Å². The van der Waals surface area contributed by atoms with Gasteiger partial charge in [-0.3, -0.25) is 4.90 Å². The Kier molecular flexibility index (Phi) is 4.76. The molecule has 2 saturated heterocycles. The molecule has 2 aliphatic heterocycles. The Morgan fingerprint density at radius 3 is 2.35 bits per heavy atom. The van der Waals surface area contributed by atoms with Crippen LogP contribution in [0.5, 0.6) is 0 Å². The lowest BCUT2D eigenvalue weighted by atomic mass is 10.00. The fraction of sp³-hybridized carbons (Fsp3) is 0.750. The van der Waals surface area contributed by atoms with Crippen LogP contribution in [0.4, 0.5) is 0 Å². The maximum Gasteiger partial charge on any atom is 0.129 e. The highest BCUT2D eigenvalue weighted by atomic mass is 16.4. The highest BCUT2D eigenvalue weighted by molar-refractivity contribution is 5.06. The van der Waals surface area contributed by atoms with E-state index in [1.807, 2.05) is 12.1 Å². The Morgan fingerprint density at radius 1 is 1.00 bits per heavy atom. The predicted octanol–water partition coefficient (Wildman–Crippen LogP) is 2.22. The predicted molar refractivity (Wildman–Crippen MR) is 78.4 cm³/mol. The van der Waals surface area contributed by atoms with Crippen molar-refractivity contribution < 1.29 is 9.52 Å². The molecule has 0 radical (unpaired) electrons. The van der Waals surface area contributed by atoms with Crippen LogP contribution in [-0.2, 0) is 13.2 Å². The molecule has 0 saturated carbocycles. The second kappa shape index (κ2) is 6.74. The summed E-state index contributed by atoms with van der Waals surface area (Å²) in [5.74, 6) is 1.65. The van der Waals surface area contributed by atoms with Crippen LogP contribution in [0.15, 0.2) is 16.5 Å². The molecule has 112 valence electrons. The van der Waals surface area contributed by atoms with Gasteiger partial charge in [0.05, 0.1) is 6.54 Å². The van der Waals surface area contributed by atoms with Crippen LogP contribution in [0.2, 0.25) is 0 Å². The zero-order valence-corrected chi connectivity index (χ0v) is 12.3. The summed E-state index contributed by atoms with van der Waals surface area (Å²) < 4.78 is 5.58. The second-order valence-corrected chi connectivity index (χ2v) is 6.13. The molecule has 4 heteroatoms. The monoisotopic (exact) mass is 278 g/mol. The summed E-state index contributed by atoms with van der Waals surface area (Å²) in [5.41, 5.74) is 0. The summed E-state index contributed by atoms with van der Waals surface area (Å²) in [6.07, 6.45) is 6.76. The molecule has 1 aromatic heterocycles. The lowest BCUT2D eigenvalue weighted by Crippen LogP contribution is -2.46. The van der Waals surface area contributed by atoms with E-state index in [1.165, 1.54) is 45.2 Å². The molecule has 0 amide bonds. The third-order valence-corrected chi connectivity index (χ3v) is 4.72. The molecule has 0 bridgehead atoms. The van der Waals surface area contributed by atoms with Gasteiger partial charge in [-0.25, -0.2) is 0 Å². The number of aliphatic hydroxyl groups is 1. The summed E-state index contributed by atoms with van der Waals surface area (Å²) in [5, 5.41) is 9.02. The Bertz CT molecular complexity index is 404. The number of nitrogens with zero attached hydrogens (tertiary/aromatic N) is 2. The van der Waals surface area contributed by atoms with Gasteiger partial charge in [-0.05, 0) is 50.9 Å². The molecule has 1 aromatic rings. The number of hydrogen-bond donors (Lipinski definition) is 1. The van der Waals surface area contributed by atoms with Crippen molar-refractivity contribution in [3.63, 3.8) is 0 Å². The first-order valence-electron chi connectivity index (χ1n) is 8.00. The van der Waals surface area contributed by atoms with Gasteiger partial charge in [-0.1, -0.05) is 6.42 Å². The maximum atomic E-state index is 9.02. The minimum Gasteiger partial charge on any atom is -0.462 e. The number of rotatable bonds is 4. The zero-order valence-electron chi connectivity index (χ0n) is 12.3. The van der Waals surface area contributed by atoms with Crippen LogP contribution in [0.3, 0.4) is 0 Å². The molecular weight excluding hydrogens is 252 g/mol. The van der Waals surface area contributed by atoms with E-state index in [2.05, 4.69) is 9.80 Å². The summed E-state index contributed by atoms with van der Waals surface area (Å²) in [6, 6.07) is 4.66. The molecular formula is C16H26N2O2. The molecule has 0 spiro atoms. The summed E-state index contributed by atoms with van der Waals surface area (Å²) in [7, 11) is 0. The van der Waals surface area contributed by atoms with Gasteiger partial charge in [-0.2, -0.15) is 0 Å². The normalized spacial score (nSPS) is 23.2. The Morgan fingerprint density at radius 2 is 1.70 bits per heavy atom. The molecule has 2 fully saturated rings. The van der Waals surface area contributed by atoms with Crippen molar-refractivity contribution in [1.82, 2.24) is 9.80 Å². The third-order valence-electron chi connectivity index (χ3n) is 4.72. The lowest BCUT2D eigenvalue weighted by molar-refractivity contribution is 0.0861. The van der Waals surface area contributed by atoms with E-state index in [9.17, 15) is 0 Å². The highest BCUT2D eigenvalue weighted by Gasteiger charge is 2.25. The van der Waals surface area contributed by atoms with Crippen molar-refractivity contribution in [2.75, 3.05) is 26.2 Å². The average Bonchev–Trinajstić information content (AvgIpc) is 2.97. The van der Waals surface area contributed by atoms with Gasteiger partial charge in [0.15, 0.2) is 0 Å². The standard InChI is InChI=1S/C16H26N2O2/c19-13-16-5-4-15(20-16)12-17-10-6-14(7-11-17)18-8-2-1-3-9-18/h4-5,14,19H,1-3,6-13H2. The van der Waals surface area contributed by atoms with Gasteiger partial charge in [0.25, 0.3) is 0 Å². The zero-order chi connectivity index (χ0) is 13.8. The first-order valence-corrected chi connectivity index (χ1v) is 8.00. The molecule has 0 aliphatic carbocycles. The lowest BCUT2D eigenvalue weighted by Gasteiger charge is -2.40. The summed E-state index contributed by atoms with van der Waals surface area (Å²) in [4.78, 5) is 5.18.